The fourth-order valence-electron chi connectivity index (χ4n) is 2.14. The Morgan fingerprint density at radius 1 is 1.20 bits per heavy atom. The molecule has 2 heterocycles. The fourth-order valence-corrected chi connectivity index (χ4v) is 3.65. The molecule has 0 aliphatic heterocycles. The number of benzene rings is 1. The van der Waals surface area contributed by atoms with Gasteiger partial charge in [0.25, 0.3) is 5.91 Å². The second kappa shape index (κ2) is 8.04. The summed E-state index contributed by atoms with van der Waals surface area (Å²) in [7, 11) is 0. The Morgan fingerprint density at radius 2 is 2.04 bits per heavy atom. The Labute approximate surface area is 153 Å². The summed E-state index contributed by atoms with van der Waals surface area (Å²) in [6.45, 7) is 2.06. The first kappa shape index (κ1) is 17.3. The van der Waals surface area contributed by atoms with Gasteiger partial charge in [0, 0.05) is 22.9 Å². The zero-order chi connectivity index (χ0) is 17.6. The number of nitrogens with one attached hydrogen (secondary N) is 1. The van der Waals surface area contributed by atoms with E-state index < -0.39 is 5.97 Å². The molecular formula is C18H16N2O3S2. The molecule has 1 N–H and O–H groups in total. The highest BCUT2D eigenvalue weighted by Crippen LogP contribution is 2.25. The molecule has 0 atom stereocenters. The molecule has 0 fully saturated rings. The Kier molecular flexibility index (Phi) is 5.57. The molecule has 0 aliphatic rings. The SMILES string of the molecule is Cc1ccccc1CNC(=O)COC(=O)c1csc(-c2ccsc2)n1. The monoisotopic (exact) mass is 372 g/mol. The van der Waals surface area contributed by atoms with Crippen molar-refractivity contribution in [3.05, 3.63) is 63.3 Å². The first-order valence-corrected chi connectivity index (χ1v) is 9.42. The molecule has 128 valence electrons. The largest absolute Gasteiger partial charge is 0.451 e. The number of rotatable bonds is 6. The lowest BCUT2D eigenvalue weighted by molar-refractivity contribution is -0.124. The van der Waals surface area contributed by atoms with Crippen LogP contribution < -0.4 is 5.32 Å². The van der Waals surface area contributed by atoms with Crippen LogP contribution in [0, 0.1) is 6.92 Å². The minimum Gasteiger partial charge on any atom is -0.451 e. The van der Waals surface area contributed by atoms with Crippen LogP contribution in [0.1, 0.15) is 21.6 Å². The number of esters is 1. The van der Waals surface area contributed by atoms with Crippen molar-refractivity contribution in [1.82, 2.24) is 10.3 Å². The quantitative estimate of drug-likeness (QED) is 0.671. The molecule has 5 nitrogen and oxygen atoms in total. The Morgan fingerprint density at radius 3 is 2.80 bits per heavy atom. The van der Waals surface area contributed by atoms with Crippen LogP contribution in [-0.4, -0.2) is 23.5 Å². The topological polar surface area (TPSA) is 68.3 Å². The first-order valence-electron chi connectivity index (χ1n) is 7.60. The number of nitrogens with zero attached hydrogens (tertiary/aromatic N) is 1. The predicted octanol–water partition coefficient (Wildman–Crippen LogP) is 3.65. The average molecular weight is 372 g/mol. The number of hydrogen-bond acceptors (Lipinski definition) is 6. The zero-order valence-electron chi connectivity index (χ0n) is 13.5. The number of aromatic nitrogens is 1. The fraction of sp³-hybridized carbons (Fsp3) is 0.167. The summed E-state index contributed by atoms with van der Waals surface area (Å²) >= 11 is 2.94. The van der Waals surface area contributed by atoms with Crippen molar-refractivity contribution in [1.29, 1.82) is 0 Å². The molecular weight excluding hydrogens is 356 g/mol. The molecule has 3 aromatic rings. The van der Waals surface area contributed by atoms with Gasteiger partial charge in [-0.25, -0.2) is 9.78 Å². The number of amides is 1. The van der Waals surface area contributed by atoms with E-state index in [0.717, 1.165) is 21.7 Å². The van der Waals surface area contributed by atoms with Crippen LogP contribution in [0.3, 0.4) is 0 Å². The van der Waals surface area contributed by atoms with Gasteiger partial charge >= 0.3 is 5.97 Å². The highest BCUT2D eigenvalue weighted by Gasteiger charge is 2.15. The van der Waals surface area contributed by atoms with E-state index >= 15 is 0 Å². The van der Waals surface area contributed by atoms with Crippen molar-refractivity contribution >= 4 is 34.6 Å². The maximum atomic E-state index is 12.0. The van der Waals surface area contributed by atoms with Crippen LogP contribution in [0.15, 0.2) is 46.5 Å². The normalized spacial score (nSPS) is 10.4. The predicted molar refractivity (Wildman–Crippen MR) is 98.7 cm³/mol. The highest BCUT2D eigenvalue weighted by atomic mass is 32.1. The lowest BCUT2D eigenvalue weighted by Crippen LogP contribution is -2.28. The number of hydrogen-bond donors (Lipinski definition) is 1. The third-order valence-corrected chi connectivity index (χ3v) is 5.13. The van der Waals surface area contributed by atoms with Gasteiger partial charge in [-0.2, -0.15) is 11.3 Å². The molecule has 0 aliphatic carbocycles. The van der Waals surface area contributed by atoms with Crippen LogP contribution >= 0.6 is 22.7 Å². The van der Waals surface area contributed by atoms with Crippen molar-refractivity contribution < 1.29 is 14.3 Å². The lowest BCUT2D eigenvalue weighted by Gasteiger charge is -2.08. The third kappa shape index (κ3) is 4.52. The maximum absolute atomic E-state index is 12.0. The summed E-state index contributed by atoms with van der Waals surface area (Å²) < 4.78 is 5.04. The van der Waals surface area contributed by atoms with E-state index in [0.29, 0.717) is 6.54 Å². The van der Waals surface area contributed by atoms with Crippen LogP contribution in [0.5, 0.6) is 0 Å². The summed E-state index contributed by atoms with van der Waals surface area (Å²) in [5.41, 5.74) is 3.33. The number of ether oxygens (including phenoxy) is 1. The zero-order valence-corrected chi connectivity index (χ0v) is 15.2. The molecule has 0 unspecified atom stereocenters. The van der Waals surface area contributed by atoms with E-state index in [2.05, 4.69) is 10.3 Å². The van der Waals surface area contributed by atoms with Gasteiger partial charge in [0.1, 0.15) is 5.01 Å². The van der Waals surface area contributed by atoms with Gasteiger partial charge < -0.3 is 10.1 Å². The molecule has 0 saturated heterocycles. The Balaban J connectivity index is 1.49. The van der Waals surface area contributed by atoms with Gasteiger partial charge in [0.15, 0.2) is 12.3 Å². The molecule has 1 amide bonds. The van der Waals surface area contributed by atoms with Crippen LogP contribution in [0.4, 0.5) is 0 Å². The second-order valence-corrected chi connectivity index (χ2v) is 6.97. The summed E-state index contributed by atoms with van der Waals surface area (Å²) in [6, 6.07) is 9.73. The van der Waals surface area contributed by atoms with Crippen LogP contribution in [0.25, 0.3) is 10.6 Å². The molecule has 0 spiro atoms. The van der Waals surface area contributed by atoms with Gasteiger partial charge in [0.05, 0.1) is 0 Å². The number of thiophene rings is 1. The molecule has 2 aromatic heterocycles. The molecule has 7 heteroatoms. The van der Waals surface area contributed by atoms with Crippen molar-refractivity contribution in [2.45, 2.75) is 13.5 Å². The lowest BCUT2D eigenvalue weighted by atomic mass is 10.1. The van der Waals surface area contributed by atoms with Gasteiger partial charge in [-0.05, 0) is 29.5 Å². The van der Waals surface area contributed by atoms with E-state index in [1.54, 1.807) is 16.7 Å². The number of carbonyl (C=O) groups excluding carboxylic acids is 2. The van der Waals surface area contributed by atoms with Crippen LogP contribution in [-0.2, 0) is 16.1 Å². The first-order chi connectivity index (χ1) is 12.1. The van der Waals surface area contributed by atoms with Gasteiger partial charge in [-0.3, -0.25) is 4.79 Å². The Hall–Kier alpha value is -2.51. The van der Waals surface area contributed by atoms with Crippen LogP contribution in [0.2, 0.25) is 0 Å². The standard InChI is InChI=1S/C18H16N2O3S2/c1-12-4-2-3-5-13(12)8-19-16(21)9-23-18(22)15-11-25-17(20-15)14-6-7-24-10-14/h2-7,10-11H,8-9H2,1H3,(H,19,21). The minimum absolute atomic E-state index is 0.220. The van der Waals surface area contributed by atoms with E-state index in [1.807, 2.05) is 48.0 Å². The summed E-state index contributed by atoms with van der Waals surface area (Å²) in [4.78, 5) is 28.1. The van der Waals surface area contributed by atoms with E-state index in [1.165, 1.54) is 11.3 Å². The van der Waals surface area contributed by atoms with E-state index in [4.69, 9.17) is 4.74 Å². The van der Waals surface area contributed by atoms with Crippen molar-refractivity contribution in [2.24, 2.45) is 0 Å². The molecule has 25 heavy (non-hydrogen) atoms. The summed E-state index contributed by atoms with van der Waals surface area (Å²) in [5.74, 6) is -0.936. The third-order valence-electron chi connectivity index (χ3n) is 3.55. The summed E-state index contributed by atoms with van der Waals surface area (Å²) in [5, 5.41) is 9.06. The van der Waals surface area contributed by atoms with E-state index in [9.17, 15) is 9.59 Å². The minimum atomic E-state index is -0.594. The van der Waals surface area contributed by atoms with Crippen molar-refractivity contribution in [3.63, 3.8) is 0 Å². The molecule has 1 aromatic carbocycles. The van der Waals surface area contributed by atoms with Gasteiger partial charge in [-0.15, -0.1) is 11.3 Å². The molecule has 0 bridgehead atoms. The highest BCUT2D eigenvalue weighted by molar-refractivity contribution is 7.14. The van der Waals surface area contributed by atoms with Gasteiger partial charge in [-0.1, -0.05) is 24.3 Å². The van der Waals surface area contributed by atoms with Gasteiger partial charge in [0.2, 0.25) is 0 Å². The number of aryl methyl sites for hydroxylation is 1. The molecule has 0 radical (unpaired) electrons. The number of carbonyl (C=O) groups is 2. The summed E-state index contributed by atoms with van der Waals surface area (Å²) in [6.07, 6.45) is 0. The van der Waals surface area contributed by atoms with Crippen molar-refractivity contribution in [3.8, 4) is 10.6 Å². The molecule has 3 rings (SSSR count). The Bertz CT molecular complexity index is 872. The second-order valence-electron chi connectivity index (χ2n) is 5.33. The van der Waals surface area contributed by atoms with E-state index in [-0.39, 0.29) is 18.2 Å². The molecule has 0 saturated carbocycles. The van der Waals surface area contributed by atoms with Crippen molar-refractivity contribution in [2.75, 3.05) is 6.61 Å². The maximum Gasteiger partial charge on any atom is 0.358 e. The number of thiazole rings is 1. The average Bonchev–Trinajstić information content (AvgIpc) is 3.30. The smallest absolute Gasteiger partial charge is 0.358 e.